The number of nitrogens with zero attached hydrogens (tertiary/aromatic N) is 3. The van der Waals surface area contributed by atoms with Crippen molar-refractivity contribution in [2.45, 2.75) is 61.1 Å². The molecular weight excluding hydrogens is 533 g/mol. The molecule has 0 saturated heterocycles. The number of halogens is 4. The second-order valence-electron chi connectivity index (χ2n) is 8.55. The molecule has 1 saturated carbocycles. The molecule has 1 aliphatic carbocycles. The highest BCUT2D eigenvalue weighted by molar-refractivity contribution is 9.09. The molecule has 0 spiro atoms. The third-order valence-electron chi connectivity index (χ3n) is 6.09. The van der Waals surface area contributed by atoms with Gasteiger partial charge in [0.2, 0.25) is 10.0 Å². The second-order valence-corrected chi connectivity index (χ2v) is 11.6. The predicted molar refractivity (Wildman–Crippen MR) is 126 cm³/mol. The molecule has 11 heteroatoms. The number of hydrogen-bond donors (Lipinski definition) is 1. The molecule has 6 nitrogen and oxygen atoms in total. The summed E-state index contributed by atoms with van der Waals surface area (Å²) in [6.45, 7) is 2.70. The first-order chi connectivity index (χ1) is 15.9. The Bertz CT molecular complexity index is 1380. The Hall–Kier alpha value is -2.42. The molecule has 3 atom stereocenters. The fraction of sp³-hybridized carbons (Fsp3) is 0.391. The summed E-state index contributed by atoms with van der Waals surface area (Å²) in [4.78, 5) is 4.24. The predicted octanol–water partition coefficient (Wildman–Crippen LogP) is 5.60. The standard InChI is InChI=1S/C23H22BrF3N4O2S/c1-13-3-7-18-19(11-28)22(31(21(18)9-13)16-5-4-15(24)10-16)20-8-6-17(12-29-20)34(32,33)30-14(2)23(25,26)27/h3,6-9,12,14-16,30H,4-5,10H2,1-2H3/t14-,15?,16?/m0/s1. The van der Waals surface area contributed by atoms with E-state index >= 15 is 0 Å². The van der Waals surface area contributed by atoms with Gasteiger partial charge in [0.1, 0.15) is 17.0 Å². The van der Waals surface area contributed by atoms with Gasteiger partial charge in [-0.25, -0.2) is 8.42 Å². The van der Waals surface area contributed by atoms with Gasteiger partial charge in [-0.1, -0.05) is 28.1 Å². The average Bonchev–Trinajstić information content (AvgIpc) is 3.32. The molecule has 0 bridgehead atoms. The van der Waals surface area contributed by atoms with Crippen LogP contribution in [0.25, 0.3) is 22.3 Å². The van der Waals surface area contributed by atoms with E-state index in [1.54, 1.807) is 4.72 Å². The van der Waals surface area contributed by atoms with Crippen molar-refractivity contribution >= 4 is 36.9 Å². The zero-order valence-electron chi connectivity index (χ0n) is 18.4. The smallest absolute Gasteiger partial charge is 0.335 e. The lowest BCUT2D eigenvalue weighted by Crippen LogP contribution is -2.42. The van der Waals surface area contributed by atoms with E-state index in [0.29, 0.717) is 21.8 Å². The zero-order valence-corrected chi connectivity index (χ0v) is 20.8. The van der Waals surface area contributed by atoms with Gasteiger partial charge in [-0.15, -0.1) is 0 Å². The maximum Gasteiger partial charge on any atom is 0.404 e. The van der Waals surface area contributed by atoms with Crippen molar-refractivity contribution in [1.82, 2.24) is 14.3 Å². The molecule has 2 unspecified atom stereocenters. The number of alkyl halides is 4. The van der Waals surface area contributed by atoms with Gasteiger partial charge in [-0.2, -0.15) is 23.2 Å². The van der Waals surface area contributed by atoms with Crippen LogP contribution in [0.5, 0.6) is 0 Å². The van der Waals surface area contributed by atoms with E-state index in [1.165, 1.54) is 12.1 Å². The number of hydrogen-bond acceptors (Lipinski definition) is 4. The largest absolute Gasteiger partial charge is 0.404 e. The van der Waals surface area contributed by atoms with Crippen LogP contribution < -0.4 is 4.72 Å². The van der Waals surface area contributed by atoms with Crippen LogP contribution in [0.2, 0.25) is 0 Å². The van der Waals surface area contributed by atoms with E-state index in [9.17, 15) is 26.9 Å². The number of rotatable bonds is 5. The number of aryl methyl sites for hydroxylation is 1. The summed E-state index contributed by atoms with van der Waals surface area (Å²) in [7, 11) is -4.43. The quantitative estimate of drug-likeness (QED) is 0.416. The SMILES string of the molecule is Cc1ccc2c(C#N)c(-c3ccc(S(=O)(=O)N[C@@H](C)C(F)(F)F)cn3)n(C3CCC(Br)C3)c2c1. The number of nitrogens with one attached hydrogen (secondary N) is 1. The number of sulfonamides is 1. The molecule has 4 rings (SSSR count). The van der Waals surface area contributed by atoms with Crippen LogP contribution in [-0.2, 0) is 10.0 Å². The highest BCUT2D eigenvalue weighted by Crippen LogP contribution is 2.42. The van der Waals surface area contributed by atoms with Gasteiger partial charge in [-0.3, -0.25) is 4.98 Å². The molecular formula is C23H22BrF3N4O2S. The average molecular weight is 555 g/mol. The summed E-state index contributed by atoms with van der Waals surface area (Å²) < 4.78 is 67.1. The highest BCUT2D eigenvalue weighted by Gasteiger charge is 2.39. The molecule has 1 fully saturated rings. The van der Waals surface area contributed by atoms with Gasteiger partial charge >= 0.3 is 6.18 Å². The number of benzene rings is 1. The summed E-state index contributed by atoms with van der Waals surface area (Å²) in [6.07, 6.45) is -0.948. The normalized spacial score (nSPS) is 19.9. The minimum absolute atomic E-state index is 0.116. The van der Waals surface area contributed by atoms with E-state index < -0.39 is 22.2 Å². The maximum absolute atomic E-state index is 12.8. The summed E-state index contributed by atoms with van der Waals surface area (Å²) in [5.41, 5.74) is 3.33. The van der Waals surface area contributed by atoms with Crippen LogP contribution in [0.3, 0.4) is 0 Å². The molecule has 0 radical (unpaired) electrons. The number of nitriles is 1. The summed E-state index contributed by atoms with van der Waals surface area (Å²) in [6, 6.07) is 8.63. The minimum atomic E-state index is -4.71. The van der Waals surface area contributed by atoms with Crippen molar-refractivity contribution in [2.75, 3.05) is 0 Å². The molecule has 34 heavy (non-hydrogen) atoms. The maximum atomic E-state index is 12.8. The fourth-order valence-corrected chi connectivity index (χ4v) is 6.22. The lowest BCUT2D eigenvalue weighted by molar-refractivity contribution is -0.147. The van der Waals surface area contributed by atoms with Crippen molar-refractivity contribution in [3.63, 3.8) is 0 Å². The summed E-state index contributed by atoms with van der Waals surface area (Å²) in [5, 5.41) is 10.8. The van der Waals surface area contributed by atoms with Crippen LogP contribution in [-0.4, -0.2) is 35.0 Å². The highest BCUT2D eigenvalue weighted by atomic mass is 79.9. The monoisotopic (exact) mass is 554 g/mol. The third kappa shape index (κ3) is 4.59. The van der Waals surface area contributed by atoms with E-state index in [0.717, 1.165) is 48.8 Å². The van der Waals surface area contributed by atoms with Gasteiger partial charge in [0, 0.05) is 22.5 Å². The molecule has 2 aromatic heterocycles. The third-order valence-corrected chi connectivity index (χ3v) is 8.45. The first-order valence-electron chi connectivity index (χ1n) is 10.7. The first kappa shape index (κ1) is 24.7. The van der Waals surface area contributed by atoms with Crippen LogP contribution in [0.15, 0.2) is 41.4 Å². The van der Waals surface area contributed by atoms with Crippen LogP contribution in [0.1, 0.15) is 43.4 Å². The Balaban J connectivity index is 1.82. The summed E-state index contributed by atoms with van der Waals surface area (Å²) in [5.74, 6) is 0. The van der Waals surface area contributed by atoms with Crippen LogP contribution in [0, 0.1) is 18.3 Å². The van der Waals surface area contributed by atoms with Gasteiger partial charge in [0.25, 0.3) is 0 Å². The molecule has 1 aromatic carbocycles. The summed E-state index contributed by atoms with van der Waals surface area (Å²) >= 11 is 3.68. The Morgan fingerprint density at radius 1 is 1.26 bits per heavy atom. The molecule has 180 valence electrons. The lowest BCUT2D eigenvalue weighted by atomic mass is 10.1. The fourth-order valence-electron chi connectivity index (χ4n) is 4.35. The Labute approximate surface area is 204 Å². The topological polar surface area (TPSA) is 87.8 Å². The molecule has 0 amide bonds. The Kier molecular flexibility index (Phi) is 6.52. The molecule has 2 heterocycles. The van der Waals surface area contributed by atoms with E-state index in [4.69, 9.17) is 0 Å². The van der Waals surface area contributed by atoms with Crippen molar-refractivity contribution in [2.24, 2.45) is 0 Å². The lowest BCUT2D eigenvalue weighted by Gasteiger charge is -2.19. The van der Waals surface area contributed by atoms with Gasteiger partial charge in [0.05, 0.1) is 22.5 Å². The van der Waals surface area contributed by atoms with Crippen molar-refractivity contribution in [1.29, 1.82) is 5.26 Å². The van der Waals surface area contributed by atoms with Crippen molar-refractivity contribution < 1.29 is 21.6 Å². The van der Waals surface area contributed by atoms with Gasteiger partial charge < -0.3 is 4.57 Å². The van der Waals surface area contributed by atoms with Gasteiger partial charge in [-0.05, 0) is 56.9 Å². The molecule has 1 N–H and O–H groups in total. The van der Waals surface area contributed by atoms with Crippen molar-refractivity contribution in [3.05, 3.63) is 47.7 Å². The van der Waals surface area contributed by atoms with E-state index in [1.807, 2.05) is 25.1 Å². The zero-order chi connectivity index (χ0) is 24.8. The number of pyridine rings is 1. The van der Waals surface area contributed by atoms with Gasteiger partial charge in [0.15, 0.2) is 0 Å². The van der Waals surface area contributed by atoms with Crippen LogP contribution in [0.4, 0.5) is 13.2 Å². The molecule has 0 aliphatic heterocycles. The molecule has 1 aliphatic rings. The van der Waals surface area contributed by atoms with E-state index in [-0.39, 0.29) is 10.9 Å². The number of fused-ring (bicyclic) bond motifs is 1. The van der Waals surface area contributed by atoms with Crippen molar-refractivity contribution in [3.8, 4) is 17.5 Å². The number of aromatic nitrogens is 2. The minimum Gasteiger partial charge on any atom is -0.335 e. The Morgan fingerprint density at radius 2 is 2.00 bits per heavy atom. The second kappa shape index (κ2) is 8.98. The van der Waals surface area contributed by atoms with Crippen LogP contribution >= 0.6 is 15.9 Å². The first-order valence-corrected chi connectivity index (χ1v) is 13.1. The Morgan fingerprint density at radius 3 is 2.56 bits per heavy atom. The molecule has 3 aromatic rings. The van der Waals surface area contributed by atoms with E-state index in [2.05, 4.69) is 31.6 Å².